The van der Waals surface area contributed by atoms with E-state index < -0.39 is 71.8 Å². The van der Waals surface area contributed by atoms with Crippen molar-refractivity contribution < 1.29 is 76.5 Å². The summed E-state index contributed by atoms with van der Waals surface area (Å²) in [7, 11) is 0. The first kappa shape index (κ1) is 65.6. The molecular formula is C35H48Cl2F9NO8S2. The number of aryl methyl sites for hydroxylation is 1. The molecule has 0 bridgehead atoms. The largest absolute Gasteiger partial charge is 0.519 e. The van der Waals surface area contributed by atoms with Crippen molar-refractivity contribution in [2.45, 2.75) is 99.5 Å². The zero-order chi connectivity index (χ0) is 44.4. The number of benzene rings is 2. The number of aliphatic hydroxyl groups is 3. The molecule has 2 aromatic carbocycles. The zero-order valence-electron chi connectivity index (χ0n) is 30.2. The van der Waals surface area contributed by atoms with E-state index in [1.165, 1.54) is 17.0 Å². The Hall–Kier alpha value is -3.27. The molecular weight excluding hydrogens is 868 g/mol. The highest BCUT2D eigenvalue weighted by Crippen LogP contribution is 2.36. The Morgan fingerprint density at radius 2 is 0.965 bits per heavy atom. The van der Waals surface area contributed by atoms with Crippen molar-refractivity contribution in [3.05, 3.63) is 99.9 Å². The van der Waals surface area contributed by atoms with Gasteiger partial charge in [0.2, 0.25) is 0 Å². The van der Waals surface area contributed by atoms with Crippen LogP contribution in [-0.4, -0.2) is 61.2 Å². The fourth-order valence-corrected chi connectivity index (χ4v) is 3.26. The minimum atomic E-state index is -5.00. The first-order valence-electron chi connectivity index (χ1n) is 14.7. The lowest BCUT2D eigenvalue weighted by Gasteiger charge is -2.24. The lowest BCUT2D eigenvalue weighted by Crippen LogP contribution is -2.20. The van der Waals surface area contributed by atoms with E-state index in [0.29, 0.717) is 17.7 Å². The van der Waals surface area contributed by atoms with Crippen LogP contribution in [0.4, 0.5) is 39.5 Å². The third-order valence-electron chi connectivity index (χ3n) is 5.58. The van der Waals surface area contributed by atoms with E-state index in [4.69, 9.17) is 60.3 Å². The van der Waals surface area contributed by atoms with Gasteiger partial charge in [-0.05, 0) is 48.4 Å². The van der Waals surface area contributed by atoms with Crippen molar-refractivity contribution in [3.63, 3.8) is 0 Å². The first-order valence-corrected chi connectivity index (χ1v) is 17.1. The van der Waals surface area contributed by atoms with Gasteiger partial charge in [-0.25, -0.2) is 0 Å². The highest BCUT2D eigenvalue weighted by Gasteiger charge is 2.36. The molecule has 3 rings (SSSR count). The van der Waals surface area contributed by atoms with Gasteiger partial charge in [-0.1, -0.05) is 86.7 Å². The number of aliphatic hydroxyl groups excluding tert-OH is 2. The number of aromatic nitrogens is 1. The molecule has 0 saturated heterocycles. The molecule has 0 aliphatic heterocycles. The maximum Gasteiger partial charge on any atom is 0.519 e. The van der Waals surface area contributed by atoms with Gasteiger partial charge in [0.15, 0.2) is 5.78 Å². The molecule has 0 amide bonds. The standard InChI is InChI=1S/C14H23N.C9H6F6O.C8H8O2.CH2Cl2.CHF3O.2CH4.2O2S/c1-10-8-11(13(2,3)4)15-12(9-10)14(5,6)7;10-8(11,12)6-1-5(4-16)2-7(3-6)9(13,14)15;9-6-8(10)7-4-2-1-3-5-7;2-1-3;2-1(3,4)5;;;2*1-3-2/h8-9H,1-7H3;1-3,16H,4H2;1-5,9H,6H2;1H2;5H;2*1H4;;. The van der Waals surface area contributed by atoms with Gasteiger partial charge in [-0.2, -0.15) is 43.2 Å². The second-order valence-corrected chi connectivity index (χ2v) is 13.2. The van der Waals surface area contributed by atoms with Crippen LogP contribution in [-0.2, 0) is 52.9 Å². The van der Waals surface area contributed by atoms with Gasteiger partial charge in [0.1, 0.15) is 6.61 Å². The summed E-state index contributed by atoms with van der Waals surface area (Å²) in [5.74, 6) is -0.236. The number of carbonyl (C=O) groups excluding carboxylic acids is 1. The summed E-state index contributed by atoms with van der Waals surface area (Å²) < 4.78 is 136. The Balaban J connectivity index is -0.000000146. The summed E-state index contributed by atoms with van der Waals surface area (Å²) >= 11 is 8.03. The quantitative estimate of drug-likeness (QED) is 0.132. The predicted molar refractivity (Wildman–Crippen MR) is 203 cm³/mol. The van der Waals surface area contributed by atoms with Crippen LogP contribution in [0.1, 0.15) is 100 Å². The fraction of sp³-hybridized carbons (Fsp3) is 0.486. The second-order valence-electron chi connectivity index (χ2n) is 12.1. The Bertz CT molecular complexity index is 1520. The molecule has 22 heteroatoms. The average molecular weight is 917 g/mol. The highest BCUT2D eigenvalue weighted by atomic mass is 35.5. The summed E-state index contributed by atoms with van der Waals surface area (Å²) in [5.41, 5.74) is 1.22. The van der Waals surface area contributed by atoms with Gasteiger partial charge < -0.3 is 15.3 Å². The SMILES string of the molecule is C.C.Cc1cc(C(C)(C)C)nc(C(C)(C)C)c1.ClCCl.O=C(CO)c1ccccc1.O=S=O.O=S=O.OC(F)(F)F.OCc1cc(C(F)(F)F)cc(C(F)(F)F)c1. The van der Waals surface area contributed by atoms with Gasteiger partial charge in [0.05, 0.1) is 23.1 Å². The summed E-state index contributed by atoms with van der Waals surface area (Å²) in [6.07, 6.45) is -14.7. The third-order valence-corrected chi connectivity index (χ3v) is 5.58. The molecule has 0 aliphatic rings. The molecule has 0 spiro atoms. The molecule has 1 heterocycles. The van der Waals surface area contributed by atoms with E-state index >= 15 is 0 Å². The van der Waals surface area contributed by atoms with Gasteiger partial charge in [-0.15, -0.1) is 36.4 Å². The maximum absolute atomic E-state index is 12.2. The number of alkyl halides is 11. The molecule has 1 aromatic heterocycles. The van der Waals surface area contributed by atoms with Crippen molar-refractivity contribution in [2.24, 2.45) is 0 Å². The molecule has 9 nitrogen and oxygen atoms in total. The molecule has 3 aromatic rings. The monoisotopic (exact) mass is 915 g/mol. The number of rotatable bonds is 3. The second kappa shape index (κ2) is 31.7. The number of hydrogen-bond donors (Lipinski definition) is 3. The number of nitrogens with zero attached hydrogens (tertiary/aromatic N) is 1. The van der Waals surface area contributed by atoms with Crippen LogP contribution in [0.3, 0.4) is 0 Å². The smallest absolute Gasteiger partial charge is 0.392 e. The van der Waals surface area contributed by atoms with E-state index in [-0.39, 0.29) is 42.9 Å². The van der Waals surface area contributed by atoms with Gasteiger partial charge >= 0.3 is 41.9 Å². The van der Waals surface area contributed by atoms with Crippen molar-refractivity contribution in [1.29, 1.82) is 0 Å². The predicted octanol–water partition coefficient (Wildman–Crippen LogP) is 9.91. The van der Waals surface area contributed by atoms with E-state index in [2.05, 4.69) is 60.6 Å². The minimum absolute atomic E-state index is 0. The Morgan fingerprint density at radius 1 is 0.667 bits per heavy atom. The van der Waals surface area contributed by atoms with Crippen LogP contribution in [0.25, 0.3) is 0 Å². The number of ketones is 1. The van der Waals surface area contributed by atoms with Crippen LogP contribution >= 0.6 is 23.2 Å². The van der Waals surface area contributed by atoms with Crippen molar-refractivity contribution in [2.75, 3.05) is 11.9 Å². The van der Waals surface area contributed by atoms with E-state index in [1.807, 2.05) is 6.07 Å². The third kappa shape index (κ3) is 36.8. The number of carbonyl (C=O) groups is 1. The molecule has 0 fully saturated rings. The topological polar surface area (TPSA) is 159 Å². The maximum atomic E-state index is 12.2. The molecule has 0 saturated carbocycles. The normalized spacial score (nSPS) is 10.5. The number of pyridine rings is 1. The lowest BCUT2D eigenvalue weighted by molar-refractivity contribution is -0.295. The van der Waals surface area contributed by atoms with Crippen molar-refractivity contribution in [1.82, 2.24) is 4.98 Å². The summed E-state index contributed by atoms with van der Waals surface area (Å²) in [6, 6.07) is 14.1. The van der Waals surface area contributed by atoms with Gasteiger partial charge in [0, 0.05) is 27.8 Å². The fourth-order valence-electron chi connectivity index (χ4n) is 3.26. The van der Waals surface area contributed by atoms with Crippen molar-refractivity contribution in [3.8, 4) is 0 Å². The van der Waals surface area contributed by atoms with Crippen LogP contribution in [0.2, 0.25) is 0 Å². The molecule has 0 unspecified atom stereocenters. The Morgan fingerprint density at radius 3 is 1.19 bits per heavy atom. The molecule has 330 valence electrons. The minimum Gasteiger partial charge on any atom is -0.392 e. The van der Waals surface area contributed by atoms with E-state index in [1.54, 1.807) is 24.3 Å². The van der Waals surface area contributed by atoms with Crippen LogP contribution in [0.5, 0.6) is 0 Å². The number of halogens is 11. The summed E-state index contributed by atoms with van der Waals surface area (Å²) in [4.78, 5) is 15.5. The summed E-state index contributed by atoms with van der Waals surface area (Å²) in [5, 5.41) is 23.7. The van der Waals surface area contributed by atoms with E-state index in [9.17, 15) is 44.3 Å². The van der Waals surface area contributed by atoms with Gasteiger partial charge in [-0.3, -0.25) is 9.78 Å². The van der Waals surface area contributed by atoms with Gasteiger partial charge in [0.25, 0.3) is 0 Å². The highest BCUT2D eigenvalue weighted by molar-refractivity contribution is 7.51. The zero-order valence-corrected chi connectivity index (χ0v) is 33.3. The molecule has 3 N–H and O–H groups in total. The molecule has 0 radical (unpaired) electrons. The summed E-state index contributed by atoms with van der Waals surface area (Å²) in [6.45, 7) is 14.1. The number of hydrogen-bond acceptors (Lipinski definition) is 9. The van der Waals surface area contributed by atoms with Crippen LogP contribution in [0.15, 0.2) is 60.7 Å². The van der Waals surface area contributed by atoms with Crippen LogP contribution < -0.4 is 0 Å². The first-order chi connectivity index (χ1) is 24.8. The van der Waals surface area contributed by atoms with Crippen molar-refractivity contribution >= 4 is 52.1 Å². The van der Waals surface area contributed by atoms with Crippen LogP contribution in [0, 0.1) is 6.92 Å². The molecule has 57 heavy (non-hydrogen) atoms. The Kier molecular flexibility index (Phi) is 36.5. The number of Topliss-reactive ketones (excluding diaryl/α,β-unsaturated/α-hetero) is 1. The average Bonchev–Trinajstić information content (AvgIpc) is 3.03. The molecule has 0 atom stereocenters. The Labute approximate surface area is 343 Å². The lowest BCUT2D eigenvalue weighted by atomic mass is 9.87. The van der Waals surface area contributed by atoms with E-state index in [0.717, 1.165) is 0 Å². The molecule has 0 aliphatic carbocycles.